The number of benzene rings is 1. The van der Waals surface area contributed by atoms with Crippen LogP contribution in [0.15, 0.2) is 23.2 Å². The van der Waals surface area contributed by atoms with Crippen molar-refractivity contribution in [2.45, 2.75) is 13.3 Å². The van der Waals surface area contributed by atoms with Crippen LogP contribution < -0.4 is 11.5 Å². The summed E-state index contributed by atoms with van der Waals surface area (Å²) in [5, 5.41) is 0. The summed E-state index contributed by atoms with van der Waals surface area (Å²) in [5.41, 5.74) is 13.0. The zero-order valence-electron chi connectivity index (χ0n) is 9.50. The molecule has 0 spiro atoms. The molecule has 0 saturated carbocycles. The molecule has 0 aliphatic carbocycles. The number of nitrogen functional groups attached to an aromatic ring is 2. The number of hydrogen-bond donors (Lipinski definition) is 2. The summed E-state index contributed by atoms with van der Waals surface area (Å²) in [6, 6.07) is 2.77. The van der Waals surface area contributed by atoms with Gasteiger partial charge in [0, 0.05) is 18.8 Å². The van der Waals surface area contributed by atoms with Gasteiger partial charge in [0.2, 0.25) is 0 Å². The van der Waals surface area contributed by atoms with E-state index < -0.39 is 0 Å². The number of aliphatic imine (C=N–C) groups is 1. The smallest absolute Gasteiger partial charge is 0.133 e. The molecule has 0 aliphatic rings. The average Bonchev–Trinajstić information content (AvgIpc) is 2.23. The number of anilines is 2. The molecular formula is C12H16FN3. The predicted molar refractivity (Wildman–Crippen MR) is 67.9 cm³/mol. The molecule has 0 unspecified atom stereocenters. The van der Waals surface area contributed by atoms with Gasteiger partial charge in [-0.15, -0.1) is 0 Å². The number of rotatable bonds is 3. The van der Waals surface area contributed by atoms with Crippen molar-refractivity contribution in [3.63, 3.8) is 0 Å². The Bertz CT molecular complexity index is 436. The zero-order chi connectivity index (χ0) is 12.1. The first-order valence-corrected chi connectivity index (χ1v) is 5.07. The Balaban J connectivity index is 3.30. The predicted octanol–water partition coefficient (Wildman–Crippen LogP) is 2.48. The minimum Gasteiger partial charge on any atom is -0.397 e. The van der Waals surface area contributed by atoms with Gasteiger partial charge in [-0.25, -0.2) is 4.39 Å². The molecular weight excluding hydrogens is 205 g/mol. The first kappa shape index (κ1) is 12.2. The Morgan fingerprint density at radius 2 is 2.00 bits per heavy atom. The third-order valence-corrected chi connectivity index (χ3v) is 2.18. The largest absolute Gasteiger partial charge is 0.397 e. The molecule has 0 bridgehead atoms. The van der Waals surface area contributed by atoms with Crippen molar-refractivity contribution in [2.24, 2.45) is 4.99 Å². The van der Waals surface area contributed by atoms with E-state index in [1.807, 2.05) is 13.0 Å². The standard InChI is InChI=1S/C12H16FN3/c1-3-4-8(7-16-2)9-5-11(14)12(15)6-10(9)13/h4-7H,3,14-15H2,1-2H3/b8-4+,16-7?. The third kappa shape index (κ3) is 2.59. The summed E-state index contributed by atoms with van der Waals surface area (Å²) < 4.78 is 13.7. The molecule has 0 atom stereocenters. The topological polar surface area (TPSA) is 64.4 Å². The maximum Gasteiger partial charge on any atom is 0.133 e. The van der Waals surface area contributed by atoms with Gasteiger partial charge < -0.3 is 11.5 Å². The third-order valence-electron chi connectivity index (χ3n) is 2.18. The molecule has 0 heterocycles. The van der Waals surface area contributed by atoms with E-state index in [2.05, 4.69) is 4.99 Å². The second-order valence-corrected chi connectivity index (χ2v) is 3.42. The highest BCUT2D eigenvalue weighted by atomic mass is 19.1. The molecule has 0 radical (unpaired) electrons. The molecule has 0 amide bonds. The zero-order valence-corrected chi connectivity index (χ0v) is 9.50. The van der Waals surface area contributed by atoms with Crippen LogP contribution >= 0.6 is 0 Å². The fraction of sp³-hybridized carbons (Fsp3) is 0.250. The Labute approximate surface area is 94.7 Å². The van der Waals surface area contributed by atoms with E-state index in [-0.39, 0.29) is 11.5 Å². The lowest BCUT2D eigenvalue weighted by Gasteiger charge is -2.07. The van der Waals surface area contributed by atoms with Gasteiger partial charge in [0.25, 0.3) is 0 Å². The van der Waals surface area contributed by atoms with Gasteiger partial charge in [-0.05, 0) is 24.1 Å². The number of nitrogens with two attached hydrogens (primary N) is 2. The minimum atomic E-state index is -0.383. The van der Waals surface area contributed by atoms with Gasteiger partial charge in [-0.3, -0.25) is 4.99 Å². The van der Waals surface area contributed by atoms with E-state index in [4.69, 9.17) is 11.5 Å². The maximum absolute atomic E-state index is 13.7. The van der Waals surface area contributed by atoms with Crippen LogP contribution in [0.2, 0.25) is 0 Å². The van der Waals surface area contributed by atoms with Crippen LogP contribution in [0, 0.1) is 5.82 Å². The van der Waals surface area contributed by atoms with Crippen molar-refractivity contribution in [3.8, 4) is 0 Å². The summed E-state index contributed by atoms with van der Waals surface area (Å²) >= 11 is 0. The number of allylic oxidation sites excluding steroid dienone is 2. The van der Waals surface area contributed by atoms with E-state index >= 15 is 0 Å². The Kier molecular flexibility index (Phi) is 4.05. The van der Waals surface area contributed by atoms with Gasteiger partial charge in [0.15, 0.2) is 0 Å². The van der Waals surface area contributed by atoms with Crippen molar-refractivity contribution in [3.05, 3.63) is 29.6 Å². The van der Waals surface area contributed by atoms with Gasteiger partial charge in [-0.2, -0.15) is 0 Å². The highest BCUT2D eigenvalue weighted by Crippen LogP contribution is 2.25. The fourth-order valence-corrected chi connectivity index (χ4v) is 1.42. The lowest BCUT2D eigenvalue weighted by Crippen LogP contribution is -2.00. The van der Waals surface area contributed by atoms with Crippen molar-refractivity contribution >= 4 is 23.2 Å². The van der Waals surface area contributed by atoms with E-state index in [1.165, 1.54) is 12.1 Å². The minimum absolute atomic E-state index is 0.255. The molecule has 16 heavy (non-hydrogen) atoms. The monoisotopic (exact) mass is 221 g/mol. The summed E-state index contributed by atoms with van der Waals surface area (Å²) in [6.07, 6.45) is 4.30. The molecule has 0 aromatic heterocycles. The van der Waals surface area contributed by atoms with Crippen molar-refractivity contribution in [1.82, 2.24) is 0 Å². The van der Waals surface area contributed by atoms with E-state index in [9.17, 15) is 4.39 Å². The van der Waals surface area contributed by atoms with E-state index in [1.54, 1.807) is 13.3 Å². The van der Waals surface area contributed by atoms with Gasteiger partial charge in [0.1, 0.15) is 5.82 Å². The molecule has 86 valence electrons. The van der Waals surface area contributed by atoms with Crippen LogP contribution in [0.3, 0.4) is 0 Å². The normalized spacial score (nSPS) is 12.3. The highest BCUT2D eigenvalue weighted by Gasteiger charge is 2.08. The molecule has 4 heteroatoms. The molecule has 0 aliphatic heterocycles. The van der Waals surface area contributed by atoms with Crippen LogP contribution in [0.5, 0.6) is 0 Å². The average molecular weight is 221 g/mol. The van der Waals surface area contributed by atoms with Gasteiger partial charge in [0.05, 0.1) is 11.4 Å². The Morgan fingerprint density at radius 3 is 2.56 bits per heavy atom. The van der Waals surface area contributed by atoms with E-state index in [0.717, 1.165) is 6.42 Å². The van der Waals surface area contributed by atoms with Crippen molar-refractivity contribution in [2.75, 3.05) is 18.5 Å². The van der Waals surface area contributed by atoms with Crippen molar-refractivity contribution in [1.29, 1.82) is 0 Å². The van der Waals surface area contributed by atoms with Crippen LogP contribution in [-0.4, -0.2) is 13.3 Å². The second kappa shape index (κ2) is 5.30. The quantitative estimate of drug-likeness (QED) is 0.608. The Hall–Kier alpha value is -1.84. The second-order valence-electron chi connectivity index (χ2n) is 3.42. The van der Waals surface area contributed by atoms with Crippen LogP contribution in [0.4, 0.5) is 15.8 Å². The lowest BCUT2D eigenvalue weighted by atomic mass is 10.0. The molecule has 0 fully saturated rings. The molecule has 1 aromatic carbocycles. The van der Waals surface area contributed by atoms with Crippen LogP contribution in [0.1, 0.15) is 18.9 Å². The van der Waals surface area contributed by atoms with Gasteiger partial charge >= 0.3 is 0 Å². The van der Waals surface area contributed by atoms with Crippen LogP contribution in [-0.2, 0) is 0 Å². The molecule has 1 rings (SSSR count). The summed E-state index contributed by atoms with van der Waals surface area (Å²) in [5.74, 6) is -0.383. The summed E-state index contributed by atoms with van der Waals surface area (Å²) in [6.45, 7) is 1.97. The van der Waals surface area contributed by atoms with Crippen LogP contribution in [0.25, 0.3) is 5.57 Å². The van der Waals surface area contributed by atoms with Gasteiger partial charge in [-0.1, -0.05) is 13.0 Å². The number of halogens is 1. The SMILES string of the molecule is CC/C=C(\C=NC)c1cc(N)c(N)cc1F. The highest BCUT2D eigenvalue weighted by molar-refractivity contribution is 6.10. The molecule has 0 saturated heterocycles. The molecule has 4 N–H and O–H groups in total. The van der Waals surface area contributed by atoms with E-state index in [0.29, 0.717) is 16.8 Å². The summed E-state index contributed by atoms with van der Waals surface area (Å²) in [7, 11) is 1.64. The first-order chi connectivity index (χ1) is 7.60. The lowest BCUT2D eigenvalue weighted by molar-refractivity contribution is 0.625. The van der Waals surface area contributed by atoms with Crippen molar-refractivity contribution < 1.29 is 4.39 Å². The Morgan fingerprint density at radius 1 is 1.38 bits per heavy atom. The first-order valence-electron chi connectivity index (χ1n) is 5.07. The fourth-order valence-electron chi connectivity index (χ4n) is 1.42. The molecule has 1 aromatic rings. The molecule has 3 nitrogen and oxygen atoms in total. The summed E-state index contributed by atoms with van der Waals surface area (Å²) in [4.78, 5) is 3.89. The maximum atomic E-state index is 13.7. The number of hydrogen-bond acceptors (Lipinski definition) is 3. The number of nitrogens with zero attached hydrogens (tertiary/aromatic N) is 1.